The van der Waals surface area contributed by atoms with Crippen LogP contribution in [0.2, 0.25) is 0 Å². The minimum atomic E-state index is 0.431. The van der Waals surface area contributed by atoms with E-state index in [-0.39, 0.29) is 0 Å². The number of nitrogens with one attached hydrogen (secondary N) is 1. The van der Waals surface area contributed by atoms with Gasteiger partial charge in [-0.3, -0.25) is 0 Å². The van der Waals surface area contributed by atoms with E-state index >= 15 is 0 Å². The van der Waals surface area contributed by atoms with Crippen molar-refractivity contribution < 1.29 is 0 Å². The molecule has 0 radical (unpaired) electrons. The first-order valence-electron chi connectivity index (χ1n) is 9.57. The Bertz CT molecular complexity index is 677. The van der Waals surface area contributed by atoms with E-state index in [1.54, 1.807) is 0 Å². The van der Waals surface area contributed by atoms with Crippen molar-refractivity contribution in [2.75, 3.05) is 43.9 Å². The maximum atomic E-state index is 4.91. The van der Waals surface area contributed by atoms with Crippen molar-refractivity contribution in [2.45, 2.75) is 45.1 Å². The Morgan fingerprint density at radius 2 is 1.72 bits per heavy atom. The van der Waals surface area contributed by atoms with Gasteiger partial charge in [-0.05, 0) is 46.0 Å². The van der Waals surface area contributed by atoms with Crippen LogP contribution in [0.15, 0.2) is 24.3 Å². The van der Waals surface area contributed by atoms with Crippen molar-refractivity contribution >= 4 is 22.7 Å². The molecule has 0 bridgehead atoms. The third-order valence-electron chi connectivity index (χ3n) is 5.18. The molecule has 0 saturated carbocycles. The molecule has 1 N–H and O–H groups in total. The number of aromatic nitrogens is 2. The fourth-order valence-corrected chi connectivity index (χ4v) is 3.26. The second-order valence-electron chi connectivity index (χ2n) is 7.34. The molecule has 1 aliphatic heterocycles. The highest BCUT2D eigenvalue weighted by Gasteiger charge is 2.16. The SMILES string of the molecule is CC(CNc1nc(N2CCCCCCC2)c2ccccc2n1)N(C)C. The molecule has 136 valence electrons. The van der Waals surface area contributed by atoms with Gasteiger partial charge >= 0.3 is 0 Å². The van der Waals surface area contributed by atoms with Gasteiger partial charge in [-0.15, -0.1) is 0 Å². The van der Waals surface area contributed by atoms with Crippen LogP contribution in [0.3, 0.4) is 0 Å². The second kappa shape index (κ2) is 8.48. The van der Waals surface area contributed by atoms with Crippen LogP contribution in [0.1, 0.15) is 39.0 Å². The van der Waals surface area contributed by atoms with Crippen LogP contribution in [0.25, 0.3) is 10.9 Å². The van der Waals surface area contributed by atoms with Crippen LogP contribution in [0, 0.1) is 0 Å². The Hall–Kier alpha value is -1.88. The zero-order valence-electron chi connectivity index (χ0n) is 15.8. The van der Waals surface area contributed by atoms with Crippen molar-refractivity contribution in [3.63, 3.8) is 0 Å². The number of nitrogens with zero attached hydrogens (tertiary/aromatic N) is 4. The molecule has 0 spiro atoms. The number of hydrogen-bond acceptors (Lipinski definition) is 5. The Kier molecular flexibility index (Phi) is 6.08. The van der Waals surface area contributed by atoms with E-state index in [1.165, 1.54) is 32.1 Å². The molecule has 1 atom stereocenters. The van der Waals surface area contributed by atoms with Gasteiger partial charge < -0.3 is 15.1 Å². The number of likely N-dealkylation sites (N-methyl/N-ethyl adjacent to an activating group) is 1. The lowest BCUT2D eigenvalue weighted by Crippen LogP contribution is -2.32. The Labute approximate surface area is 151 Å². The molecule has 0 amide bonds. The van der Waals surface area contributed by atoms with E-state index in [1.807, 2.05) is 0 Å². The van der Waals surface area contributed by atoms with E-state index in [9.17, 15) is 0 Å². The zero-order valence-corrected chi connectivity index (χ0v) is 15.8. The largest absolute Gasteiger partial charge is 0.356 e. The molecular weight excluding hydrogens is 310 g/mol. The third kappa shape index (κ3) is 4.60. The van der Waals surface area contributed by atoms with Crippen molar-refractivity contribution in [3.8, 4) is 0 Å². The molecular formula is C20H31N5. The summed E-state index contributed by atoms with van der Waals surface area (Å²) in [5, 5.41) is 4.60. The van der Waals surface area contributed by atoms with Crippen LogP contribution in [0.5, 0.6) is 0 Å². The summed E-state index contributed by atoms with van der Waals surface area (Å²) in [4.78, 5) is 14.3. The molecule has 1 aromatic carbocycles. The standard InChI is InChI=1S/C20H31N5/c1-16(24(2)3)15-21-20-22-18-12-8-7-11-17(18)19(23-20)25-13-9-5-4-6-10-14-25/h7-8,11-12,16H,4-6,9-10,13-15H2,1-3H3,(H,21,22,23). The minimum absolute atomic E-state index is 0.431. The number of hydrogen-bond donors (Lipinski definition) is 1. The van der Waals surface area contributed by atoms with Crippen LogP contribution >= 0.6 is 0 Å². The summed E-state index contributed by atoms with van der Waals surface area (Å²) in [7, 11) is 4.19. The number of benzene rings is 1. The van der Waals surface area contributed by atoms with Crippen LogP contribution < -0.4 is 10.2 Å². The van der Waals surface area contributed by atoms with E-state index in [0.29, 0.717) is 6.04 Å². The van der Waals surface area contributed by atoms with Gasteiger partial charge in [-0.1, -0.05) is 31.4 Å². The first-order chi connectivity index (χ1) is 12.1. The summed E-state index contributed by atoms with van der Waals surface area (Å²) in [6, 6.07) is 8.81. The summed E-state index contributed by atoms with van der Waals surface area (Å²) in [5.74, 6) is 1.83. The highest BCUT2D eigenvalue weighted by molar-refractivity contribution is 5.90. The highest BCUT2D eigenvalue weighted by atomic mass is 15.2. The Morgan fingerprint density at radius 1 is 1.04 bits per heavy atom. The molecule has 1 saturated heterocycles. The van der Waals surface area contributed by atoms with Crippen molar-refractivity contribution in [2.24, 2.45) is 0 Å². The molecule has 2 aromatic rings. The van der Waals surface area contributed by atoms with Crippen LogP contribution in [-0.4, -0.2) is 54.6 Å². The topological polar surface area (TPSA) is 44.3 Å². The average molecular weight is 342 g/mol. The minimum Gasteiger partial charge on any atom is -0.356 e. The molecule has 0 aliphatic carbocycles. The smallest absolute Gasteiger partial charge is 0.225 e. The lowest BCUT2D eigenvalue weighted by molar-refractivity contribution is 0.326. The summed E-state index contributed by atoms with van der Waals surface area (Å²) >= 11 is 0. The molecule has 5 heteroatoms. The Balaban J connectivity index is 1.89. The molecule has 5 nitrogen and oxygen atoms in total. The number of fused-ring (bicyclic) bond motifs is 1. The average Bonchev–Trinajstić information content (AvgIpc) is 2.58. The lowest BCUT2D eigenvalue weighted by Gasteiger charge is -2.27. The highest BCUT2D eigenvalue weighted by Crippen LogP contribution is 2.27. The quantitative estimate of drug-likeness (QED) is 0.897. The monoisotopic (exact) mass is 341 g/mol. The van der Waals surface area contributed by atoms with Crippen LogP contribution in [-0.2, 0) is 0 Å². The molecule has 1 aliphatic rings. The second-order valence-corrected chi connectivity index (χ2v) is 7.34. The maximum absolute atomic E-state index is 4.91. The summed E-state index contributed by atoms with van der Waals surface area (Å²) < 4.78 is 0. The first-order valence-corrected chi connectivity index (χ1v) is 9.57. The molecule has 1 unspecified atom stereocenters. The molecule has 1 aromatic heterocycles. The molecule has 3 rings (SSSR count). The van der Waals surface area contributed by atoms with Gasteiger partial charge in [0.05, 0.1) is 5.52 Å². The number of para-hydroxylation sites is 1. The maximum Gasteiger partial charge on any atom is 0.225 e. The summed E-state index contributed by atoms with van der Waals surface area (Å²) in [5.41, 5.74) is 1.02. The summed E-state index contributed by atoms with van der Waals surface area (Å²) in [6.45, 7) is 5.22. The van der Waals surface area contributed by atoms with E-state index in [0.717, 1.165) is 42.3 Å². The van der Waals surface area contributed by atoms with Crippen molar-refractivity contribution in [1.29, 1.82) is 0 Å². The van der Waals surface area contributed by atoms with Crippen LogP contribution in [0.4, 0.5) is 11.8 Å². The predicted octanol–water partition coefficient (Wildman–Crippen LogP) is 3.76. The zero-order chi connectivity index (χ0) is 17.6. The van der Waals surface area contributed by atoms with E-state index in [2.05, 4.69) is 60.4 Å². The fraction of sp³-hybridized carbons (Fsp3) is 0.600. The van der Waals surface area contributed by atoms with Gasteiger partial charge in [-0.25, -0.2) is 4.98 Å². The van der Waals surface area contributed by atoms with Gasteiger partial charge in [0.15, 0.2) is 0 Å². The van der Waals surface area contributed by atoms with Gasteiger partial charge in [0.1, 0.15) is 5.82 Å². The normalized spacial score (nSPS) is 17.4. The van der Waals surface area contributed by atoms with Crippen molar-refractivity contribution in [3.05, 3.63) is 24.3 Å². The fourth-order valence-electron chi connectivity index (χ4n) is 3.26. The van der Waals surface area contributed by atoms with E-state index < -0.39 is 0 Å². The van der Waals surface area contributed by atoms with E-state index in [4.69, 9.17) is 9.97 Å². The molecule has 25 heavy (non-hydrogen) atoms. The van der Waals surface area contributed by atoms with Gasteiger partial charge in [0.25, 0.3) is 0 Å². The van der Waals surface area contributed by atoms with Gasteiger partial charge in [0.2, 0.25) is 5.95 Å². The molecule has 2 heterocycles. The summed E-state index contributed by atoms with van der Waals surface area (Å²) in [6.07, 6.45) is 6.51. The lowest BCUT2D eigenvalue weighted by atomic mass is 10.1. The third-order valence-corrected chi connectivity index (χ3v) is 5.18. The van der Waals surface area contributed by atoms with Gasteiger partial charge in [0, 0.05) is 31.1 Å². The van der Waals surface area contributed by atoms with Crippen molar-refractivity contribution in [1.82, 2.24) is 14.9 Å². The Morgan fingerprint density at radius 3 is 2.44 bits per heavy atom. The first kappa shape index (κ1) is 17.9. The number of anilines is 2. The number of rotatable bonds is 5. The predicted molar refractivity (Wildman–Crippen MR) is 106 cm³/mol. The molecule has 1 fully saturated rings. The van der Waals surface area contributed by atoms with Gasteiger partial charge in [-0.2, -0.15) is 4.98 Å².